The number of aliphatic carboxylic acids is 2. The number of aliphatic hydroxyl groups is 1. The molecule has 10 heteroatoms. The van der Waals surface area contributed by atoms with E-state index < -0.39 is 26.7 Å². The van der Waals surface area contributed by atoms with E-state index in [2.05, 4.69) is 5.32 Å². The number of hydrogen-bond donors (Lipinski definition) is 4. The number of rotatable bonds is 7. The number of carboxylic acids is 2. The van der Waals surface area contributed by atoms with Crippen molar-refractivity contribution in [1.29, 1.82) is 0 Å². The summed E-state index contributed by atoms with van der Waals surface area (Å²) in [7, 11) is 1.61. The molecule has 1 unspecified atom stereocenters. The molecule has 0 aliphatic heterocycles. The number of benzene rings is 1. The quantitative estimate of drug-likeness (QED) is 0.519. The predicted molar refractivity (Wildman–Crippen MR) is 87.4 cm³/mol. The van der Waals surface area contributed by atoms with Crippen molar-refractivity contribution in [2.24, 2.45) is 0 Å². The summed E-state index contributed by atoms with van der Waals surface area (Å²) in [6.07, 6.45) is -1.00. The normalized spacial score (nSPS) is 13.7. The number of alkyl halides is 4. The molecule has 1 aromatic rings. The third-order valence-corrected chi connectivity index (χ3v) is 4.50. The molecule has 0 amide bonds. The van der Waals surface area contributed by atoms with Gasteiger partial charge in [0.15, 0.2) is 0 Å². The number of carbonyl (C=O) groups is 2. The fourth-order valence-corrected chi connectivity index (χ4v) is 2.49. The van der Waals surface area contributed by atoms with E-state index in [-0.39, 0.29) is 23.2 Å². The molecule has 6 nitrogen and oxygen atoms in total. The van der Waals surface area contributed by atoms with Crippen LogP contribution >= 0.6 is 46.4 Å². The standard InChI is InChI=1S/C13H13Cl4NO5/c1-18-5-9(19)6-2-3-7(12(14,15)10(20)21)8(4-6)13(16,17)11(22)23/h2-4,9,18-19H,5H2,1H3,(H,20,21)(H,22,23). The monoisotopic (exact) mass is 403 g/mol. The molecule has 0 aliphatic carbocycles. The van der Waals surface area contributed by atoms with Gasteiger partial charge in [0.05, 0.1) is 6.10 Å². The van der Waals surface area contributed by atoms with Crippen LogP contribution in [0.3, 0.4) is 0 Å². The molecule has 1 rings (SSSR count). The minimum Gasteiger partial charge on any atom is -0.479 e. The summed E-state index contributed by atoms with van der Waals surface area (Å²) in [5, 5.41) is 31.0. The Morgan fingerprint density at radius 3 is 2.00 bits per heavy atom. The smallest absolute Gasteiger partial charge is 0.344 e. The first kappa shape index (κ1) is 20.3. The largest absolute Gasteiger partial charge is 0.479 e. The number of nitrogens with one attached hydrogen (secondary N) is 1. The number of halogens is 4. The molecule has 0 spiro atoms. The molecule has 0 saturated heterocycles. The lowest BCUT2D eigenvalue weighted by Gasteiger charge is -2.25. The number of hydrogen-bond acceptors (Lipinski definition) is 4. The van der Waals surface area contributed by atoms with Gasteiger partial charge in [-0.15, -0.1) is 0 Å². The summed E-state index contributed by atoms with van der Waals surface area (Å²) < 4.78 is -4.97. The van der Waals surface area contributed by atoms with Gasteiger partial charge in [-0.05, 0) is 18.7 Å². The molecule has 0 saturated carbocycles. The van der Waals surface area contributed by atoms with Crippen molar-refractivity contribution in [3.8, 4) is 0 Å². The molecule has 1 aromatic carbocycles. The molecule has 4 N–H and O–H groups in total. The minimum atomic E-state index is -2.50. The van der Waals surface area contributed by atoms with E-state index >= 15 is 0 Å². The molecule has 128 valence electrons. The van der Waals surface area contributed by atoms with E-state index in [0.29, 0.717) is 0 Å². The zero-order valence-corrected chi connectivity index (χ0v) is 14.7. The Morgan fingerprint density at radius 1 is 1.09 bits per heavy atom. The first-order chi connectivity index (χ1) is 10.5. The van der Waals surface area contributed by atoms with Crippen molar-refractivity contribution in [1.82, 2.24) is 5.32 Å². The fourth-order valence-electron chi connectivity index (χ4n) is 1.84. The highest BCUT2D eigenvalue weighted by Gasteiger charge is 2.46. The van der Waals surface area contributed by atoms with Gasteiger partial charge in [0.1, 0.15) is 0 Å². The number of carboxylic acid groups (broad SMARTS) is 2. The molecular formula is C13H13Cl4NO5. The van der Waals surface area contributed by atoms with Crippen LogP contribution in [0.4, 0.5) is 0 Å². The van der Waals surface area contributed by atoms with Gasteiger partial charge in [0, 0.05) is 17.7 Å². The van der Waals surface area contributed by atoms with Crippen molar-refractivity contribution in [3.05, 3.63) is 34.9 Å². The van der Waals surface area contributed by atoms with Gasteiger partial charge in [-0.3, -0.25) is 0 Å². The maximum absolute atomic E-state index is 11.3. The average molecular weight is 405 g/mol. The van der Waals surface area contributed by atoms with Crippen LogP contribution in [0.25, 0.3) is 0 Å². The Kier molecular flexibility index (Phi) is 6.55. The fraction of sp³-hybridized carbons (Fsp3) is 0.385. The van der Waals surface area contributed by atoms with Gasteiger partial charge < -0.3 is 20.6 Å². The Hall–Kier alpha value is -0.760. The lowest BCUT2D eigenvalue weighted by molar-refractivity contribution is -0.139. The van der Waals surface area contributed by atoms with Crippen LogP contribution in [0.2, 0.25) is 0 Å². The van der Waals surface area contributed by atoms with Crippen LogP contribution in [0.15, 0.2) is 18.2 Å². The van der Waals surface area contributed by atoms with E-state index in [1.54, 1.807) is 7.05 Å². The maximum atomic E-state index is 11.3. The molecule has 0 radical (unpaired) electrons. The van der Waals surface area contributed by atoms with Gasteiger partial charge in [0.25, 0.3) is 0 Å². The van der Waals surface area contributed by atoms with Crippen LogP contribution in [-0.4, -0.2) is 40.9 Å². The van der Waals surface area contributed by atoms with Crippen LogP contribution < -0.4 is 5.32 Å². The van der Waals surface area contributed by atoms with Crippen molar-refractivity contribution in [3.63, 3.8) is 0 Å². The first-order valence-corrected chi connectivity index (χ1v) is 7.67. The number of likely N-dealkylation sites (N-methyl/N-ethyl adjacent to an activating group) is 1. The first-order valence-electron chi connectivity index (χ1n) is 6.16. The second-order valence-electron chi connectivity index (χ2n) is 4.64. The summed E-state index contributed by atoms with van der Waals surface area (Å²) >= 11 is 23.2. The van der Waals surface area contributed by atoms with Crippen LogP contribution in [0, 0.1) is 0 Å². The van der Waals surface area contributed by atoms with Gasteiger partial charge in [-0.1, -0.05) is 58.5 Å². The summed E-state index contributed by atoms with van der Waals surface area (Å²) in [6.45, 7) is 0.162. The molecule has 0 aliphatic rings. The second-order valence-corrected chi connectivity index (χ2v) is 7.29. The molecular weight excluding hydrogens is 392 g/mol. The highest BCUT2D eigenvalue weighted by molar-refractivity contribution is 6.59. The van der Waals surface area contributed by atoms with Crippen molar-refractivity contribution in [2.75, 3.05) is 13.6 Å². The van der Waals surface area contributed by atoms with E-state index in [0.717, 1.165) is 6.07 Å². The average Bonchev–Trinajstić information content (AvgIpc) is 2.46. The highest BCUT2D eigenvalue weighted by atomic mass is 35.5. The Labute approximate surface area is 151 Å². The zero-order chi connectivity index (χ0) is 18.0. The van der Waals surface area contributed by atoms with Crippen LogP contribution in [-0.2, 0) is 18.3 Å². The van der Waals surface area contributed by atoms with E-state index in [1.807, 2.05) is 0 Å². The van der Waals surface area contributed by atoms with E-state index in [4.69, 9.17) is 51.5 Å². The topological polar surface area (TPSA) is 107 Å². The molecule has 1 atom stereocenters. The molecule has 0 aromatic heterocycles. The Balaban J connectivity index is 3.60. The Morgan fingerprint density at radius 2 is 1.57 bits per heavy atom. The third kappa shape index (κ3) is 4.21. The van der Waals surface area contributed by atoms with E-state index in [9.17, 15) is 19.8 Å². The molecule has 23 heavy (non-hydrogen) atoms. The van der Waals surface area contributed by atoms with Gasteiger partial charge in [-0.2, -0.15) is 0 Å². The summed E-state index contributed by atoms with van der Waals surface area (Å²) in [6, 6.07) is 3.68. The van der Waals surface area contributed by atoms with Gasteiger partial charge in [-0.25, -0.2) is 9.59 Å². The predicted octanol–water partition coefficient (Wildman–Crippen LogP) is 2.37. The summed E-state index contributed by atoms with van der Waals surface area (Å²) in [5.41, 5.74) is -0.380. The second kappa shape index (κ2) is 7.42. The summed E-state index contributed by atoms with van der Waals surface area (Å²) in [4.78, 5) is 22.5. The Bertz CT molecular complexity index is 620. The molecule has 0 heterocycles. The molecule has 0 fully saturated rings. The van der Waals surface area contributed by atoms with Crippen molar-refractivity contribution in [2.45, 2.75) is 14.8 Å². The summed E-state index contributed by atoms with van der Waals surface area (Å²) in [5.74, 6) is -3.27. The molecule has 0 bridgehead atoms. The lowest BCUT2D eigenvalue weighted by Crippen LogP contribution is -2.31. The van der Waals surface area contributed by atoms with Crippen molar-refractivity contribution >= 4 is 58.3 Å². The van der Waals surface area contributed by atoms with Gasteiger partial charge in [0.2, 0.25) is 8.67 Å². The zero-order valence-electron chi connectivity index (χ0n) is 11.7. The minimum absolute atomic E-state index is 0.162. The SMILES string of the molecule is CNCC(O)c1ccc(C(Cl)(Cl)C(=O)O)c(C(Cl)(Cl)C(=O)O)c1. The van der Waals surface area contributed by atoms with Crippen molar-refractivity contribution < 1.29 is 24.9 Å². The number of aliphatic hydroxyl groups excluding tert-OH is 1. The van der Waals surface area contributed by atoms with E-state index in [1.165, 1.54) is 12.1 Å². The van der Waals surface area contributed by atoms with Gasteiger partial charge >= 0.3 is 11.9 Å². The lowest BCUT2D eigenvalue weighted by atomic mass is 9.95. The maximum Gasteiger partial charge on any atom is 0.344 e. The third-order valence-electron chi connectivity index (χ3n) is 3.04. The van der Waals surface area contributed by atoms with Crippen LogP contribution in [0.1, 0.15) is 22.8 Å². The highest BCUT2D eigenvalue weighted by Crippen LogP contribution is 2.45. The van der Waals surface area contributed by atoms with Crippen LogP contribution in [0.5, 0.6) is 0 Å².